The van der Waals surface area contributed by atoms with E-state index in [1.807, 2.05) is 6.07 Å². The molecule has 12 heteroatoms. The summed E-state index contributed by atoms with van der Waals surface area (Å²) in [7, 11) is -7.82. The highest BCUT2D eigenvalue weighted by Gasteiger charge is 2.37. The normalized spacial score (nSPS) is 14.2. The fraction of sp³-hybridized carbons (Fsp3) is 0.172. The van der Waals surface area contributed by atoms with Crippen molar-refractivity contribution >= 4 is 25.7 Å². The van der Waals surface area contributed by atoms with Gasteiger partial charge in [0.2, 0.25) is 10.0 Å². The number of nitrogens with zero attached hydrogens (tertiary/aromatic N) is 1. The molecule has 0 amide bonds. The van der Waals surface area contributed by atoms with Crippen LogP contribution in [0.2, 0.25) is 0 Å². The van der Waals surface area contributed by atoms with Gasteiger partial charge in [-0.15, -0.1) is 0 Å². The van der Waals surface area contributed by atoms with E-state index in [2.05, 4.69) is 9.44 Å². The van der Waals surface area contributed by atoms with E-state index in [1.165, 1.54) is 42.5 Å². The molecule has 0 aliphatic heterocycles. The van der Waals surface area contributed by atoms with Crippen molar-refractivity contribution in [3.8, 4) is 11.8 Å². The van der Waals surface area contributed by atoms with Gasteiger partial charge in [-0.3, -0.25) is 4.72 Å². The summed E-state index contributed by atoms with van der Waals surface area (Å²) in [6, 6.07) is 22.9. The Bertz CT molecular complexity index is 1890. The van der Waals surface area contributed by atoms with E-state index in [0.29, 0.717) is 11.1 Å². The van der Waals surface area contributed by atoms with E-state index in [-0.39, 0.29) is 45.0 Å². The first-order valence-electron chi connectivity index (χ1n) is 12.6. The van der Waals surface area contributed by atoms with Crippen molar-refractivity contribution in [1.29, 1.82) is 5.26 Å². The summed E-state index contributed by atoms with van der Waals surface area (Å²) in [6.45, 7) is -0.346. The average molecular weight is 592 g/mol. The second kappa shape index (κ2) is 11.2. The molecule has 1 unspecified atom stereocenters. The summed E-state index contributed by atoms with van der Waals surface area (Å²) >= 11 is 0. The molecule has 1 heterocycles. The van der Waals surface area contributed by atoms with Crippen LogP contribution >= 0.6 is 0 Å². The van der Waals surface area contributed by atoms with Crippen LogP contribution in [0.15, 0.2) is 104 Å². The molecule has 1 fully saturated rings. The first-order chi connectivity index (χ1) is 19.6. The number of benzene rings is 3. The lowest BCUT2D eigenvalue weighted by atomic mass is 9.87. The number of nitrogens with one attached hydrogen (secondary N) is 2. The van der Waals surface area contributed by atoms with Gasteiger partial charge >= 0.3 is 5.63 Å². The van der Waals surface area contributed by atoms with Gasteiger partial charge in [0.15, 0.2) is 0 Å². The van der Waals surface area contributed by atoms with Gasteiger partial charge in [-0.1, -0.05) is 30.3 Å². The number of nitriles is 1. The minimum absolute atomic E-state index is 0.0163. The molecule has 41 heavy (non-hydrogen) atoms. The van der Waals surface area contributed by atoms with Crippen LogP contribution in [0, 0.1) is 17.2 Å². The van der Waals surface area contributed by atoms with Gasteiger partial charge in [0.1, 0.15) is 11.5 Å². The van der Waals surface area contributed by atoms with Crippen molar-refractivity contribution in [1.82, 2.24) is 4.72 Å². The summed E-state index contributed by atoms with van der Waals surface area (Å²) in [5, 5.41) is 19.9. The zero-order chi connectivity index (χ0) is 29.2. The van der Waals surface area contributed by atoms with Crippen LogP contribution in [0.3, 0.4) is 0 Å². The molecule has 1 aliphatic rings. The summed E-state index contributed by atoms with van der Waals surface area (Å²) < 4.78 is 61.2. The van der Waals surface area contributed by atoms with Gasteiger partial charge in [0.25, 0.3) is 10.0 Å². The molecule has 1 atom stereocenters. The zero-order valence-corrected chi connectivity index (χ0v) is 23.2. The Balaban J connectivity index is 1.40. The number of hydrogen-bond acceptors (Lipinski definition) is 8. The van der Waals surface area contributed by atoms with Crippen LogP contribution in [0.25, 0.3) is 0 Å². The lowest BCUT2D eigenvalue weighted by molar-refractivity contribution is 0.401. The fourth-order valence-electron chi connectivity index (χ4n) is 4.58. The summed E-state index contributed by atoms with van der Waals surface area (Å²) in [4.78, 5) is 13.1. The maximum atomic E-state index is 13.1. The van der Waals surface area contributed by atoms with E-state index in [1.54, 1.807) is 42.5 Å². The maximum absolute atomic E-state index is 13.1. The standard InChI is InChI=1S/C29H25N3O7S2/c30-17-19-9-13-25(14-10-19)41(37,38)32-22-6-4-5-21(15-22)27(20-11-12-20)28-26(33)16-23(39-29(28)34)18-31-40(35,36)24-7-2-1-3-8-24/h1-10,13-16,20,27,31-33H,11-12,18H2. The van der Waals surface area contributed by atoms with Gasteiger partial charge in [-0.2, -0.15) is 5.26 Å². The lowest BCUT2D eigenvalue weighted by Gasteiger charge is -2.19. The monoisotopic (exact) mass is 591 g/mol. The van der Waals surface area contributed by atoms with Gasteiger partial charge in [0, 0.05) is 17.7 Å². The molecular weight excluding hydrogens is 566 g/mol. The van der Waals surface area contributed by atoms with Crippen LogP contribution in [0.4, 0.5) is 5.69 Å². The number of sulfonamides is 2. The van der Waals surface area contributed by atoms with Crippen molar-refractivity contribution in [2.75, 3.05) is 4.72 Å². The smallest absolute Gasteiger partial charge is 0.343 e. The van der Waals surface area contributed by atoms with Gasteiger partial charge in [0.05, 0.1) is 33.5 Å². The van der Waals surface area contributed by atoms with E-state index < -0.39 is 31.6 Å². The molecule has 10 nitrogen and oxygen atoms in total. The third-order valence-electron chi connectivity index (χ3n) is 6.70. The summed E-state index contributed by atoms with van der Waals surface area (Å²) in [5.41, 5.74) is 0.408. The molecule has 1 aromatic heterocycles. The van der Waals surface area contributed by atoms with Gasteiger partial charge in [-0.05, 0) is 72.9 Å². The van der Waals surface area contributed by atoms with Crippen molar-refractivity contribution in [3.63, 3.8) is 0 Å². The van der Waals surface area contributed by atoms with Gasteiger partial charge < -0.3 is 9.52 Å². The predicted octanol–water partition coefficient (Wildman–Crippen LogP) is 4.04. The Morgan fingerprint density at radius 2 is 1.59 bits per heavy atom. The van der Waals surface area contributed by atoms with Crippen molar-refractivity contribution in [2.24, 2.45) is 5.92 Å². The average Bonchev–Trinajstić information content (AvgIpc) is 3.79. The Hall–Kier alpha value is -4.44. The third kappa shape index (κ3) is 6.33. The molecule has 0 radical (unpaired) electrons. The SMILES string of the molecule is N#Cc1ccc(S(=O)(=O)Nc2cccc(C(c3c(O)cc(CNS(=O)(=O)c4ccccc4)oc3=O)C3CC3)c2)cc1. The molecule has 210 valence electrons. The molecule has 5 rings (SSSR count). The minimum Gasteiger partial charge on any atom is -0.507 e. The lowest BCUT2D eigenvalue weighted by Crippen LogP contribution is -2.24. The molecule has 0 spiro atoms. The molecule has 3 N–H and O–H groups in total. The first-order valence-corrected chi connectivity index (χ1v) is 15.6. The molecular formula is C29H25N3O7S2. The highest BCUT2D eigenvalue weighted by atomic mass is 32.2. The Labute approximate surface area is 237 Å². The molecule has 1 aliphatic carbocycles. The minimum atomic E-state index is -3.96. The van der Waals surface area contributed by atoms with E-state index in [9.17, 15) is 26.7 Å². The van der Waals surface area contributed by atoms with Crippen molar-refractivity contribution in [3.05, 3.63) is 118 Å². The number of hydrogen-bond donors (Lipinski definition) is 3. The topological polar surface area (TPSA) is 167 Å². The summed E-state index contributed by atoms with van der Waals surface area (Å²) in [6.07, 6.45) is 1.59. The largest absolute Gasteiger partial charge is 0.507 e. The van der Waals surface area contributed by atoms with Crippen LogP contribution in [0.1, 0.15) is 41.2 Å². The van der Waals surface area contributed by atoms with Crippen LogP contribution in [-0.4, -0.2) is 21.9 Å². The molecule has 1 saturated carbocycles. The second-order valence-corrected chi connectivity index (χ2v) is 13.1. The number of rotatable bonds is 10. The molecule has 4 aromatic rings. The van der Waals surface area contributed by atoms with Gasteiger partial charge in [-0.25, -0.2) is 26.4 Å². The third-order valence-corrected chi connectivity index (χ3v) is 9.52. The molecule has 0 bridgehead atoms. The highest BCUT2D eigenvalue weighted by Crippen LogP contribution is 2.48. The van der Waals surface area contributed by atoms with Crippen molar-refractivity contribution in [2.45, 2.75) is 35.1 Å². The quantitative estimate of drug-likeness (QED) is 0.248. The number of anilines is 1. The van der Waals surface area contributed by atoms with Crippen LogP contribution < -0.4 is 15.1 Å². The first kappa shape index (κ1) is 28.1. The van der Waals surface area contributed by atoms with E-state index in [0.717, 1.165) is 12.8 Å². The Morgan fingerprint density at radius 1 is 0.902 bits per heavy atom. The van der Waals surface area contributed by atoms with Crippen LogP contribution in [-0.2, 0) is 26.6 Å². The predicted molar refractivity (Wildman–Crippen MR) is 150 cm³/mol. The number of aromatic hydroxyl groups is 1. The highest BCUT2D eigenvalue weighted by molar-refractivity contribution is 7.92. The van der Waals surface area contributed by atoms with Crippen molar-refractivity contribution < 1.29 is 26.4 Å². The Kier molecular flexibility index (Phi) is 7.68. The molecule has 0 saturated heterocycles. The van der Waals surface area contributed by atoms with E-state index in [4.69, 9.17) is 9.68 Å². The Morgan fingerprint density at radius 3 is 2.22 bits per heavy atom. The second-order valence-electron chi connectivity index (χ2n) is 9.62. The fourth-order valence-corrected chi connectivity index (χ4v) is 6.65. The zero-order valence-electron chi connectivity index (χ0n) is 21.5. The summed E-state index contributed by atoms with van der Waals surface area (Å²) in [5.74, 6) is -0.942. The van der Waals surface area contributed by atoms with Crippen LogP contribution in [0.5, 0.6) is 5.75 Å². The van der Waals surface area contributed by atoms with E-state index >= 15 is 0 Å². The maximum Gasteiger partial charge on any atom is 0.343 e. The molecule has 3 aromatic carbocycles.